The molecule has 18 nitrogen and oxygen atoms in total. The summed E-state index contributed by atoms with van der Waals surface area (Å²) in [7, 11) is 0. The third kappa shape index (κ3) is 16.4. The molecule has 3 saturated heterocycles. The highest BCUT2D eigenvalue weighted by Gasteiger charge is 2.64. The molecule has 3 heterocycles. The lowest BCUT2D eigenvalue weighted by Crippen LogP contribution is -2.61. The Hall–Kier alpha value is -7.45. The first-order valence-corrected chi connectivity index (χ1v) is 37.8. The Morgan fingerprint density at radius 1 is 0.495 bits per heavy atom. The van der Waals surface area contributed by atoms with Crippen LogP contribution in [0.4, 0.5) is 0 Å². The van der Waals surface area contributed by atoms with Crippen molar-refractivity contribution in [3.05, 3.63) is 179 Å². The minimum atomic E-state index is -1.23. The van der Waals surface area contributed by atoms with Gasteiger partial charge in [-0.3, -0.25) is 9.59 Å². The highest BCUT2D eigenvalue weighted by atomic mass is 16.8. The van der Waals surface area contributed by atoms with Crippen molar-refractivity contribution in [2.45, 2.75) is 214 Å². The molecule has 0 spiro atoms. The lowest BCUT2D eigenvalue weighted by molar-refractivity contribution is -0.355. The van der Waals surface area contributed by atoms with Crippen molar-refractivity contribution < 1.29 is 85.7 Å². The molecule has 18 heteroatoms. The number of fused-ring (bicyclic) bond motifs is 5. The van der Waals surface area contributed by atoms with E-state index in [2.05, 4.69) is 20.8 Å². The predicted octanol–water partition coefficient (Wildman–Crippen LogP) is 15.1. The summed E-state index contributed by atoms with van der Waals surface area (Å²) < 4.78 is 72.3. The van der Waals surface area contributed by atoms with Gasteiger partial charge in [-0.1, -0.05) is 153 Å². The van der Waals surface area contributed by atoms with Gasteiger partial charge in [0, 0.05) is 36.5 Å². The maximum Gasteiger partial charge on any atom is 0.338 e. The number of ether oxygens (including phenoxy) is 11. The number of esters is 5. The van der Waals surface area contributed by atoms with E-state index in [9.17, 15) is 33.6 Å². The minimum Gasteiger partial charge on any atom is -0.459 e. The zero-order valence-corrected chi connectivity index (χ0v) is 61.3. The first-order valence-electron chi connectivity index (χ1n) is 37.8. The van der Waals surface area contributed by atoms with E-state index < -0.39 is 103 Å². The van der Waals surface area contributed by atoms with Gasteiger partial charge in [-0.15, -0.1) is 0 Å². The van der Waals surface area contributed by atoms with E-state index in [0.717, 1.165) is 44.9 Å². The largest absolute Gasteiger partial charge is 0.459 e. The highest BCUT2D eigenvalue weighted by molar-refractivity contribution is 5.93. The molecule has 552 valence electrons. The lowest BCUT2D eigenvalue weighted by atomic mass is 9.44. The molecule has 3 aliphatic heterocycles. The predicted molar refractivity (Wildman–Crippen MR) is 382 cm³/mol. The Morgan fingerprint density at radius 3 is 1.50 bits per heavy atom. The van der Waals surface area contributed by atoms with Crippen LogP contribution in [0.3, 0.4) is 0 Å². The normalized spacial score (nSPS) is 35.3. The maximum atomic E-state index is 14.7. The monoisotopic (exact) mass is 1410 g/mol. The summed E-state index contributed by atoms with van der Waals surface area (Å²) in [6, 6.07) is 43.5. The molecule has 7 fully saturated rings. The average molecular weight is 1410 g/mol. The Labute approximate surface area is 606 Å². The van der Waals surface area contributed by atoms with Gasteiger partial charge in [0.05, 0.1) is 58.8 Å². The smallest absolute Gasteiger partial charge is 0.338 e. The fourth-order valence-corrected chi connectivity index (χ4v) is 18.6. The molecular weight excluding hydrogens is 1310 g/mol. The second-order valence-corrected chi connectivity index (χ2v) is 31.3. The van der Waals surface area contributed by atoms with Crippen LogP contribution in [0.2, 0.25) is 0 Å². The molecule has 0 N–H and O–H groups in total. The molecule has 14 unspecified atom stereocenters. The van der Waals surface area contributed by atoms with Crippen LogP contribution in [0.15, 0.2) is 152 Å². The van der Waals surface area contributed by atoms with Gasteiger partial charge >= 0.3 is 29.8 Å². The van der Waals surface area contributed by atoms with Crippen molar-refractivity contribution in [2.24, 2.45) is 75.9 Å². The highest BCUT2D eigenvalue weighted by Crippen LogP contribution is 2.68. The van der Waals surface area contributed by atoms with Crippen LogP contribution in [0, 0.1) is 75.9 Å². The van der Waals surface area contributed by atoms with Gasteiger partial charge in [0.1, 0.15) is 36.5 Å². The van der Waals surface area contributed by atoms with E-state index in [0.29, 0.717) is 64.8 Å². The maximum absolute atomic E-state index is 14.7. The van der Waals surface area contributed by atoms with Crippen molar-refractivity contribution in [3.63, 3.8) is 0 Å². The Morgan fingerprint density at radius 2 is 0.971 bits per heavy atom. The number of rotatable bonds is 24. The van der Waals surface area contributed by atoms with Crippen LogP contribution in [0.25, 0.3) is 0 Å². The number of Topliss-reactive ketones (excluding diaryl/α,β-unsaturated/α-hetero) is 2. The van der Waals surface area contributed by atoms with E-state index in [1.165, 1.54) is 0 Å². The number of ketones is 2. The summed E-state index contributed by atoms with van der Waals surface area (Å²) in [4.78, 5) is 98.1. The molecule has 103 heavy (non-hydrogen) atoms. The number of benzene rings is 5. The van der Waals surface area contributed by atoms with E-state index in [1.807, 2.05) is 78.8 Å². The van der Waals surface area contributed by atoms with Crippen LogP contribution in [-0.2, 0) is 61.7 Å². The summed E-state index contributed by atoms with van der Waals surface area (Å²) in [6.45, 7) is 20.6. The van der Waals surface area contributed by atoms with Gasteiger partial charge in [-0.05, 0) is 178 Å². The van der Waals surface area contributed by atoms with Crippen molar-refractivity contribution in [3.8, 4) is 0 Å². The SMILES string of the molecule is CCC1O[C@@H](OC[C@@H](C)CCC(=O)[C@@H](C)C2C(=O)CC3C4CCC5CC(O[C@@H]6OC(COC(=O)c7ccccc7)[C@H](C)[C@H](C)C6O[C@@H]6OC(C)[C@H](C)[C@@H](OC(=O)c7ccccc7)C6OC(=O)c6ccccc6)CCC5(C)C4CCC32C)C(OC(=O)c2ccccc2)[C@@H](OC(=O)c2ccccc2)[C@H]1C. The molecule has 0 radical (unpaired) electrons. The van der Waals surface area contributed by atoms with Crippen LogP contribution >= 0.6 is 0 Å². The summed E-state index contributed by atoms with van der Waals surface area (Å²) in [5.41, 5.74) is 1.40. The molecular formula is C85H104O18. The van der Waals surface area contributed by atoms with E-state index in [1.54, 1.807) is 121 Å². The third-order valence-corrected chi connectivity index (χ3v) is 25.1. The topological polar surface area (TPSA) is 221 Å². The quantitative estimate of drug-likeness (QED) is 0.0318. The van der Waals surface area contributed by atoms with E-state index in [4.69, 9.17) is 52.1 Å². The molecule has 5 aromatic carbocycles. The number of carbonyl (C=O) groups excluding carboxylic acids is 7. The minimum absolute atomic E-state index is 0.0372. The van der Waals surface area contributed by atoms with Crippen molar-refractivity contribution >= 4 is 41.4 Å². The average Bonchev–Trinajstić information content (AvgIpc) is 1.63. The Kier molecular flexibility index (Phi) is 24.0. The molecule has 25 atom stereocenters. The molecule has 4 aliphatic carbocycles. The summed E-state index contributed by atoms with van der Waals surface area (Å²) in [5.74, 6) is -3.72. The summed E-state index contributed by atoms with van der Waals surface area (Å²) >= 11 is 0. The van der Waals surface area contributed by atoms with E-state index >= 15 is 0 Å². The zero-order valence-electron chi connectivity index (χ0n) is 61.3. The molecule has 12 rings (SSSR count). The van der Waals surface area contributed by atoms with Crippen LogP contribution in [0.5, 0.6) is 0 Å². The molecule has 0 bridgehead atoms. The standard InChI is InChI=1S/C85H104O18/c1-11-68-54(7)72(100-78(90)58-31-21-14-22-32-58)74(101-79(91)59-33-23-15-24-34-59)81(97-68)94-47-49(2)37-40-66(86)53(6)70-67(87)46-65-63-39-38-61-45-62(41-43-84(61,9)64(63)42-44-85(65,70)10)96-82-73(51(4)50(3)69(98-82)48-93-76(88)56-27-17-12-18-28-56)103-83-75(102-80(92)60-35-25-16-26-36-60)71(52(5)55(8)95-83)99-77(89)57-29-19-13-20-30-57/h12-36,49-55,61-65,68-75,81-83H,11,37-48H2,1-10H3/t49-,50+,51-,52-,53+,54-,55?,61?,62?,63?,64?,65?,68?,69?,70?,71+,72-,73?,74?,75?,81+,82+,83-,84?,85?/m0/s1. The summed E-state index contributed by atoms with van der Waals surface area (Å²) in [5, 5.41) is 0. The second-order valence-electron chi connectivity index (χ2n) is 31.3. The zero-order chi connectivity index (χ0) is 72.9. The van der Waals surface area contributed by atoms with Crippen molar-refractivity contribution in [2.75, 3.05) is 13.2 Å². The molecule has 4 saturated carbocycles. The fourth-order valence-electron chi connectivity index (χ4n) is 18.6. The number of hydrogen-bond donors (Lipinski definition) is 0. The van der Waals surface area contributed by atoms with Gasteiger partial charge in [-0.2, -0.15) is 0 Å². The Balaban J connectivity index is 0.705. The van der Waals surface area contributed by atoms with Gasteiger partial charge in [0.25, 0.3) is 0 Å². The van der Waals surface area contributed by atoms with E-state index in [-0.39, 0.29) is 89.7 Å². The molecule has 0 aromatic heterocycles. The number of hydrogen-bond acceptors (Lipinski definition) is 18. The molecule has 7 aliphatic rings. The van der Waals surface area contributed by atoms with Crippen LogP contribution < -0.4 is 0 Å². The Bertz CT molecular complexity index is 3710. The first-order chi connectivity index (χ1) is 49.5. The van der Waals surface area contributed by atoms with Gasteiger partial charge in [0.15, 0.2) is 31.1 Å². The van der Waals surface area contributed by atoms with Crippen LogP contribution in [0.1, 0.15) is 192 Å². The molecule has 5 aromatic rings. The lowest BCUT2D eigenvalue weighted by Gasteiger charge is -2.61. The second kappa shape index (κ2) is 32.9. The van der Waals surface area contributed by atoms with Gasteiger partial charge in [0.2, 0.25) is 0 Å². The van der Waals surface area contributed by atoms with Crippen LogP contribution in [-0.4, -0.2) is 128 Å². The first kappa shape index (κ1) is 75.2. The third-order valence-electron chi connectivity index (χ3n) is 25.1. The number of carbonyl (C=O) groups is 7. The van der Waals surface area contributed by atoms with Crippen molar-refractivity contribution in [1.29, 1.82) is 0 Å². The van der Waals surface area contributed by atoms with Crippen molar-refractivity contribution in [1.82, 2.24) is 0 Å². The summed E-state index contributed by atoms with van der Waals surface area (Å²) in [6.07, 6.45) is -2.04. The van der Waals surface area contributed by atoms with Gasteiger partial charge < -0.3 is 52.1 Å². The van der Waals surface area contributed by atoms with Gasteiger partial charge in [-0.25, -0.2) is 24.0 Å². The fraction of sp³-hybridized carbons (Fsp3) is 0.565. The molecule has 0 amide bonds.